The third-order valence-corrected chi connectivity index (χ3v) is 5.51. The standard InChI is InChI=1S/C21H19N3O.C21H4.HN3.H2O.7H2/c1-13-20(14(2)25-24-13)18-11-17(10-9-16-7-5-4-6-8-16)21-19(12-18)22-15(3)23-21;1-3-5-7-9-11-13-15-17-19-21-20-18-16-14-12-10-8-6-4-2;1-3-2;;;;;;;;/h4-12H,1-3H3,(H,22,23);1H,2H3;1H;1H2;7*1H/b10-9+;;;;;;;;;;. The van der Waals surface area contributed by atoms with Gasteiger partial charge in [0.05, 0.1) is 16.7 Å². The maximum atomic E-state index is 6.86. The smallest absolute Gasteiger partial charge is 0.141 e. The van der Waals surface area contributed by atoms with Gasteiger partial charge in [-0.2, -0.15) is 0 Å². The SMILES string of the molecule is C#CC#CC#CC#CC#CC#CC#CC#CC#CC#CC.Cc1nc2c(/C=C/c3ccccc3)cc(-c3c(C)noc3C)cc2[nH]1.O.[HH].[HH].[HH].[HH].[HH].[HH].[HH].[N-]=[N+]=N. The zero-order chi connectivity index (χ0) is 35.5. The van der Waals surface area contributed by atoms with Crippen molar-refractivity contribution >= 4 is 23.2 Å². The van der Waals surface area contributed by atoms with Gasteiger partial charge < -0.3 is 15.0 Å². The molecule has 4 aromatic rings. The third kappa shape index (κ3) is 14.7. The van der Waals surface area contributed by atoms with Crippen LogP contribution in [0.25, 0.3) is 44.8 Å². The number of hydrogen-bond acceptors (Lipinski definition) is 4. The van der Waals surface area contributed by atoms with E-state index in [0.717, 1.165) is 50.6 Å². The highest BCUT2D eigenvalue weighted by Crippen LogP contribution is 2.32. The highest BCUT2D eigenvalue weighted by atomic mass is 16.5. The van der Waals surface area contributed by atoms with E-state index >= 15 is 0 Å². The van der Waals surface area contributed by atoms with Crippen LogP contribution in [0.1, 0.15) is 45.3 Å². The van der Waals surface area contributed by atoms with Crippen LogP contribution in [0.5, 0.6) is 0 Å². The summed E-state index contributed by atoms with van der Waals surface area (Å²) in [6.07, 6.45) is 9.12. The molecule has 4 rings (SSSR count). The largest absolute Gasteiger partial charge is 0.412 e. The zero-order valence-electron chi connectivity index (χ0n) is 27.5. The van der Waals surface area contributed by atoms with E-state index in [1.807, 2.05) is 39.0 Å². The molecule has 0 aliphatic heterocycles. The predicted molar refractivity (Wildman–Crippen MR) is 214 cm³/mol. The Kier molecular flexibility index (Phi) is 19.1. The van der Waals surface area contributed by atoms with E-state index in [4.69, 9.17) is 22.0 Å². The van der Waals surface area contributed by atoms with Crippen LogP contribution in [0.3, 0.4) is 0 Å². The van der Waals surface area contributed by atoms with Crippen LogP contribution >= 0.6 is 0 Å². The number of imidazole rings is 1. The molecule has 2 aromatic carbocycles. The number of aromatic nitrogens is 3. The Bertz CT molecular complexity index is 2530. The fraction of sp³-hybridized carbons (Fsp3) is 0.0952. The highest BCUT2D eigenvalue weighted by molar-refractivity contribution is 5.92. The summed E-state index contributed by atoms with van der Waals surface area (Å²) in [5.41, 5.74) is 19.5. The van der Waals surface area contributed by atoms with Gasteiger partial charge in [0.1, 0.15) is 11.6 Å². The van der Waals surface area contributed by atoms with Crippen molar-refractivity contribution in [3.8, 4) is 130 Å². The normalized spacial score (nSPS) is 7.58. The molecule has 0 amide bonds. The Morgan fingerprint density at radius 1 is 0.800 bits per heavy atom. The predicted octanol–water partition coefficient (Wildman–Crippen LogP) is 7.76. The summed E-state index contributed by atoms with van der Waals surface area (Å²) in [5.74, 6) is 48.6. The lowest BCUT2D eigenvalue weighted by molar-refractivity contribution is 0.393. The topological polar surface area (TPSA) is 146 Å². The first-order valence-corrected chi connectivity index (χ1v) is 14.0. The number of terminal acetylenes is 1. The number of aromatic amines is 1. The van der Waals surface area contributed by atoms with Crippen LogP contribution in [0.4, 0.5) is 0 Å². The molecule has 8 heteroatoms. The van der Waals surface area contributed by atoms with E-state index < -0.39 is 0 Å². The molecule has 0 radical (unpaired) electrons. The molecule has 0 saturated heterocycles. The van der Waals surface area contributed by atoms with Crippen molar-refractivity contribution in [1.29, 1.82) is 5.53 Å². The summed E-state index contributed by atoms with van der Waals surface area (Å²) < 4.78 is 5.34. The van der Waals surface area contributed by atoms with E-state index in [-0.39, 0.29) is 15.5 Å². The molecule has 4 N–H and O–H groups in total. The number of rotatable bonds is 3. The van der Waals surface area contributed by atoms with Crippen molar-refractivity contribution < 1.29 is 20.0 Å². The van der Waals surface area contributed by atoms with Crippen molar-refractivity contribution in [3.05, 3.63) is 81.3 Å². The van der Waals surface area contributed by atoms with Crippen LogP contribution in [0.2, 0.25) is 0 Å². The second-order valence-electron chi connectivity index (χ2n) is 8.85. The molecule has 0 atom stereocenters. The van der Waals surface area contributed by atoms with Gasteiger partial charge in [0.2, 0.25) is 0 Å². The molecule has 0 fully saturated rings. The first-order chi connectivity index (χ1) is 23.9. The van der Waals surface area contributed by atoms with Crippen molar-refractivity contribution in [1.82, 2.24) is 15.1 Å². The van der Waals surface area contributed by atoms with E-state index in [1.165, 1.54) is 0 Å². The summed E-state index contributed by atoms with van der Waals surface area (Å²) in [4.78, 5) is 9.74. The summed E-state index contributed by atoms with van der Waals surface area (Å²) in [7, 11) is 0. The molecule has 50 heavy (non-hydrogen) atoms. The average Bonchev–Trinajstić information content (AvgIpc) is 3.65. The second kappa shape index (κ2) is 24.0. The van der Waals surface area contributed by atoms with Gasteiger partial charge in [0.15, 0.2) is 0 Å². The Hall–Kier alpha value is -8.27. The zero-order valence-corrected chi connectivity index (χ0v) is 27.5. The molecule has 2 aromatic heterocycles. The van der Waals surface area contributed by atoms with Crippen molar-refractivity contribution in [2.75, 3.05) is 0 Å². The third-order valence-electron chi connectivity index (χ3n) is 5.51. The number of hydrogen-bond donors (Lipinski definition) is 2. The number of aryl methyl sites for hydroxylation is 3. The van der Waals surface area contributed by atoms with E-state index in [1.54, 1.807) is 11.8 Å². The molecule has 0 aliphatic rings. The van der Waals surface area contributed by atoms with Gasteiger partial charge in [-0.25, -0.2) is 4.98 Å². The monoisotopic (exact) mass is 660 g/mol. The second-order valence-corrected chi connectivity index (χ2v) is 8.85. The Balaban J connectivity index is -0.000000147. The molecule has 250 valence electrons. The van der Waals surface area contributed by atoms with Gasteiger partial charge in [0.25, 0.3) is 0 Å². The van der Waals surface area contributed by atoms with E-state index in [2.05, 4.69) is 164 Å². The minimum absolute atomic E-state index is 0. The van der Waals surface area contributed by atoms with Gasteiger partial charge in [-0.1, -0.05) is 53.6 Å². The molecule has 8 nitrogen and oxygen atoms in total. The molecule has 2 heterocycles. The van der Waals surface area contributed by atoms with Gasteiger partial charge >= 0.3 is 0 Å². The molecule has 0 aliphatic carbocycles. The number of nitrogens with one attached hydrogen (secondary N) is 2. The summed E-state index contributed by atoms with van der Waals surface area (Å²) >= 11 is 0. The highest BCUT2D eigenvalue weighted by Gasteiger charge is 2.15. The molecule has 0 saturated carbocycles. The van der Waals surface area contributed by atoms with Crippen LogP contribution in [0, 0.1) is 145 Å². The minimum Gasteiger partial charge on any atom is -0.412 e. The Morgan fingerprint density at radius 2 is 1.30 bits per heavy atom. The van der Waals surface area contributed by atoms with Gasteiger partial charge in [-0.3, -0.25) is 0 Å². The lowest BCUT2D eigenvalue weighted by Crippen LogP contribution is -1.86. The van der Waals surface area contributed by atoms with Gasteiger partial charge in [0, 0.05) is 33.0 Å². The fourth-order valence-corrected chi connectivity index (χ4v) is 3.75. The quantitative estimate of drug-likeness (QED) is 0.0761. The maximum absolute atomic E-state index is 6.86. The number of fused-ring (bicyclic) bond motifs is 1. The van der Waals surface area contributed by atoms with Crippen molar-refractivity contribution in [2.24, 2.45) is 0 Å². The first kappa shape index (κ1) is 39.8. The summed E-state index contributed by atoms with van der Waals surface area (Å²) in [5, 5.41) is 4.08. The van der Waals surface area contributed by atoms with Crippen LogP contribution in [-0.2, 0) is 0 Å². The minimum atomic E-state index is 0. The Morgan fingerprint density at radius 3 is 1.76 bits per heavy atom. The van der Waals surface area contributed by atoms with E-state index in [0.29, 0.717) is 0 Å². The molecule has 0 bridgehead atoms. The van der Waals surface area contributed by atoms with Gasteiger partial charge in [-0.05, 0) is 156 Å². The Labute approximate surface area is 302 Å². The van der Waals surface area contributed by atoms with Crippen LogP contribution in [-0.4, -0.2) is 20.6 Å². The fourth-order valence-electron chi connectivity index (χ4n) is 3.75. The first-order valence-electron chi connectivity index (χ1n) is 14.0. The van der Waals surface area contributed by atoms with Crippen LogP contribution in [0.15, 0.2) is 47.0 Å². The summed E-state index contributed by atoms with van der Waals surface area (Å²) in [6.45, 7) is 7.58. The molecule has 0 unspecified atom stereocenters. The number of benzene rings is 2. The summed E-state index contributed by atoms with van der Waals surface area (Å²) in [6, 6.07) is 14.5. The maximum Gasteiger partial charge on any atom is 0.141 e. The average molecular weight is 661 g/mol. The molecular formula is C42H40N6O2. The van der Waals surface area contributed by atoms with Crippen LogP contribution < -0.4 is 0 Å². The molecular weight excluding hydrogens is 621 g/mol. The van der Waals surface area contributed by atoms with Gasteiger partial charge in [-0.15, -0.1) is 12.0 Å². The number of nitrogens with zero attached hydrogens (tertiary/aromatic N) is 4. The van der Waals surface area contributed by atoms with Crippen molar-refractivity contribution in [3.63, 3.8) is 0 Å². The lowest BCUT2D eigenvalue weighted by Gasteiger charge is -2.04. The van der Waals surface area contributed by atoms with Crippen molar-refractivity contribution in [2.45, 2.75) is 27.7 Å². The van der Waals surface area contributed by atoms with E-state index in [9.17, 15) is 0 Å². The lowest BCUT2D eigenvalue weighted by atomic mass is 10.00. The number of H-pyrrole nitrogens is 1. The molecule has 0 spiro atoms.